The molecular formula is C16H25N3O2S. The average molecular weight is 323 g/mol. The van der Waals surface area contributed by atoms with Gasteiger partial charge in [0, 0.05) is 24.4 Å². The number of thiophene rings is 1. The molecule has 1 N–H and O–H groups in total. The van der Waals surface area contributed by atoms with Gasteiger partial charge in [0.15, 0.2) is 0 Å². The highest BCUT2D eigenvalue weighted by molar-refractivity contribution is 7.09. The molecule has 6 heteroatoms. The van der Waals surface area contributed by atoms with E-state index in [1.54, 1.807) is 16.2 Å². The molecule has 0 spiro atoms. The summed E-state index contributed by atoms with van der Waals surface area (Å²) in [5, 5.41) is 4.98. The van der Waals surface area contributed by atoms with Crippen molar-refractivity contribution in [2.75, 3.05) is 26.2 Å². The standard InChI is InChI=1S/C16H25N3O2S/c1-3-18(4-2)10-9-17-16(21)14-7-8-15(20)19(14)12-13-6-5-11-22-13/h5-6,11,14H,3-4,7-10,12H2,1-2H3,(H,17,21)/t14-/m0/s1. The van der Waals surface area contributed by atoms with Gasteiger partial charge in [-0.25, -0.2) is 0 Å². The van der Waals surface area contributed by atoms with Crippen molar-refractivity contribution >= 4 is 23.2 Å². The predicted molar refractivity (Wildman–Crippen MR) is 88.7 cm³/mol. The number of rotatable bonds is 8. The van der Waals surface area contributed by atoms with Gasteiger partial charge in [0.25, 0.3) is 0 Å². The smallest absolute Gasteiger partial charge is 0.242 e. The molecular weight excluding hydrogens is 298 g/mol. The minimum atomic E-state index is -0.314. The lowest BCUT2D eigenvalue weighted by Gasteiger charge is -2.24. The fraction of sp³-hybridized carbons (Fsp3) is 0.625. The molecule has 1 aromatic rings. The average Bonchev–Trinajstić information content (AvgIpc) is 3.15. The van der Waals surface area contributed by atoms with Crippen LogP contribution in [0.4, 0.5) is 0 Å². The summed E-state index contributed by atoms with van der Waals surface area (Å²) in [6.45, 7) is 8.23. The molecule has 0 aliphatic carbocycles. The number of carbonyl (C=O) groups is 2. The van der Waals surface area contributed by atoms with Crippen LogP contribution in [-0.4, -0.2) is 53.8 Å². The highest BCUT2D eigenvalue weighted by Crippen LogP contribution is 2.23. The quantitative estimate of drug-likeness (QED) is 0.792. The molecule has 22 heavy (non-hydrogen) atoms. The summed E-state index contributed by atoms with van der Waals surface area (Å²) in [6, 6.07) is 3.66. The molecule has 1 aliphatic heterocycles. The Kier molecular flexibility index (Phi) is 6.39. The predicted octanol–water partition coefficient (Wildman–Crippen LogP) is 1.70. The second kappa shape index (κ2) is 8.29. The SMILES string of the molecule is CCN(CC)CCNC(=O)[C@@H]1CCC(=O)N1Cc1cccs1. The van der Waals surface area contributed by atoms with E-state index in [2.05, 4.69) is 24.1 Å². The molecule has 1 aromatic heterocycles. The molecule has 2 amide bonds. The number of hydrogen-bond acceptors (Lipinski definition) is 4. The van der Waals surface area contributed by atoms with Crippen LogP contribution < -0.4 is 5.32 Å². The third-order valence-corrected chi connectivity index (χ3v) is 5.02. The van der Waals surface area contributed by atoms with Gasteiger partial charge < -0.3 is 15.1 Å². The van der Waals surface area contributed by atoms with Crippen LogP contribution in [-0.2, 0) is 16.1 Å². The van der Waals surface area contributed by atoms with Crippen molar-refractivity contribution in [3.63, 3.8) is 0 Å². The van der Waals surface area contributed by atoms with Crippen molar-refractivity contribution < 1.29 is 9.59 Å². The van der Waals surface area contributed by atoms with E-state index < -0.39 is 0 Å². The van der Waals surface area contributed by atoms with E-state index >= 15 is 0 Å². The Morgan fingerprint density at radius 2 is 2.23 bits per heavy atom. The van der Waals surface area contributed by atoms with E-state index in [-0.39, 0.29) is 17.9 Å². The first-order valence-electron chi connectivity index (χ1n) is 7.97. The van der Waals surface area contributed by atoms with E-state index in [0.717, 1.165) is 24.5 Å². The van der Waals surface area contributed by atoms with Crippen LogP contribution in [0.1, 0.15) is 31.6 Å². The van der Waals surface area contributed by atoms with Gasteiger partial charge in [0.1, 0.15) is 6.04 Å². The molecule has 0 saturated carbocycles. The minimum Gasteiger partial charge on any atom is -0.353 e. The van der Waals surface area contributed by atoms with E-state index in [1.807, 2.05) is 17.5 Å². The zero-order valence-electron chi connectivity index (χ0n) is 13.4. The fourth-order valence-corrected chi connectivity index (χ4v) is 3.47. The monoisotopic (exact) mass is 323 g/mol. The number of nitrogens with one attached hydrogen (secondary N) is 1. The number of carbonyl (C=O) groups excluding carboxylic acids is 2. The third-order valence-electron chi connectivity index (χ3n) is 4.16. The number of hydrogen-bond donors (Lipinski definition) is 1. The van der Waals surface area contributed by atoms with E-state index in [4.69, 9.17) is 0 Å². The lowest BCUT2D eigenvalue weighted by atomic mass is 10.2. The third kappa shape index (κ3) is 4.30. The Labute approximate surface area is 136 Å². The van der Waals surface area contributed by atoms with Crippen molar-refractivity contribution in [1.82, 2.24) is 15.1 Å². The van der Waals surface area contributed by atoms with Gasteiger partial charge >= 0.3 is 0 Å². The zero-order chi connectivity index (χ0) is 15.9. The maximum absolute atomic E-state index is 12.4. The Morgan fingerprint density at radius 1 is 1.45 bits per heavy atom. The van der Waals surface area contributed by atoms with E-state index in [9.17, 15) is 9.59 Å². The molecule has 1 atom stereocenters. The van der Waals surface area contributed by atoms with Crippen LogP contribution >= 0.6 is 11.3 Å². The first-order valence-corrected chi connectivity index (χ1v) is 8.85. The summed E-state index contributed by atoms with van der Waals surface area (Å²) in [6.07, 6.45) is 1.10. The first kappa shape index (κ1) is 17.0. The maximum atomic E-state index is 12.4. The second-order valence-corrected chi connectivity index (χ2v) is 6.51. The summed E-state index contributed by atoms with van der Waals surface area (Å²) < 4.78 is 0. The van der Waals surface area contributed by atoms with Crippen molar-refractivity contribution in [1.29, 1.82) is 0 Å². The van der Waals surface area contributed by atoms with Gasteiger partial charge in [0.2, 0.25) is 11.8 Å². The Morgan fingerprint density at radius 3 is 2.86 bits per heavy atom. The van der Waals surface area contributed by atoms with Crippen LogP contribution in [0, 0.1) is 0 Å². The molecule has 2 heterocycles. The molecule has 0 radical (unpaired) electrons. The van der Waals surface area contributed by atoms with Crippen LogP contribution in [0.3, 0.4) is 0 Å². The van der Waals surface area contributed by atoms with Crippen molar-refractivity contribution in [3.8, 4) is 0 Å². The summed E-state index contributed by atoms with van der Waals surface area (Å²) in [5.41, 5.74) is 0. The lowest BCUT2D eigenvalue weighted by Crippen LogP contribution is -2.46. The number of nitrogens with zero attached hydrogens (tertiary/aromatic N) is 2. The molecule has 1 fully saturated rings. The van der Waals surface area contributed by atoms with Gasteiger partial charge in [-0.1, -0.05) is 19.9 Å². The van der Waals surface area contributed by atoms with E-state index in [1.165, 1.54) is 0 Å². The summed E-state index contributed by atoms with van der Waals surface area (Å²) in [4.78, 5) is 29.5. The Balaban J connectivity index is 1.86. The Hall–Kier alpha value is -1.40. The molecule has 1 aliphatic rings. The summed E-state index contributed by atoms with van der Waals surface area (Å²) >= 11 is 1.62. The topological polar surface area (TPSA) is 52.7 Å². The summed E-state index contributed by atoms with van der Waals surface area (Å²) in [5.74, 6) is 0.0619. The molecule has 2 rings (SSSR count). The first-order chi connectivity index (χ1) is 10.7. The highest BCUT2D eigenvalue weighted by Gasteiger charge is 2.35. The molecule has 0 bridgehead atoms. The van der Waals surface area contributed by atoms with E-state index in [0.29, 0.717) is 25.9 Å². The van der Waals surface area contributed by atoms with Gasteiger partial charge in [-0.2, -0.15) is 0 Å². The largest absolute Gasteiger partial charge is 0.353 e. The van der Waals surface area contributed by atoms with Gasteiger partial charge in [0.05, 0.1) is 6.54 Å². The molecule has 0 unspecified atom stereocenters. The molecule has 5 nitrogen and oxygen atoms in total. The van der Waals surface area contributed by atoms with Crippen LogP contribution in [0.2, 0.25) is 0 Å². The fourth-order valence-electron chi connectivity index (χ4n) is 2.77. The molecule has 1 saturated heterocycles. The van der Waals surface area contributed by atoms with Crippen molar-refractivity contribution in [2.45, 2.75) is 39.3 Å². The number of likely N-dealkylation sites (N-methyl/N-ethyl adjacent to an activating group) is 1. The van der Waals surface area contributed by atoms with Crippen molar-refractivity contribution in [3.05, 3.63) is 22.4 Å². The normalized spacial score (nSPS) is 18.2. The van der Waals surface area contributed by atoms with Crippen molar-refractivity contribution in [2.24, 2.45) is 0 Å². The van der Waals surface area contributed by atoms with Gasteiger partial charge in [-0.05, 0) is 31.0 Å². The van der Waals surface area contributed by atoms with Gasteiger partial charge in [-0.3, -0.25) is 9.59 Å². The molecule has 0 aromatic carbocycles. The van der Waals surface area contributed by atoms with Crippen LogP contribution in [0.25, 0.3) is 0 Å². The number of amides is 2. The number of likely N-dealkylation sites (tertiary alicyclic amines) is 1. The minimum absolute atomic E-state index is 0.0189. The maximum Gasteiger partial charge on any atom is 0.242 e. The Bertz CT molecular complexity index is 486. The lowest BCUT2D eigenvalue weighted by molar-refractivity contribution is -0.135. The van der Waals surface area contributed by atoms with Gasteiger partial charge in [-0.15, -0.1) is 11.3 Å². The highest BCUT2D eigenvalue weighted by atomic mass is 32.1. The second-order valence-electron chi connectivity index (χ2n) is 5.47. The van der Waals surface area contributed by atoms with Crippen LogP contribution in [0.15, 0.2) is 17.5 Å². The van der Waals surface area contributed by atoms with Crippen LogP contribution in [0.5, 0.6) is 0 Å². The molecule has 122 valence electrons. The zero-order valence-corrected chi connectivity index (χ0v) is 14.2. The summed E-state index contributed by atoms with van der Waals surface area (Å²) in [7, 11) is 0.